The van der Waals surface area contributed by atoms with Gasteiger partial charge in [0.2, 0.25) is 21.8 Å². The molecule has 0 heterocycles. The van der Waals surface area contributed by atoms with Crippen LogP contribution < -0.4 is 9.62 Å². The molecule has 192 valence electrons. The summed E-state index contributed by atoms with van der Waals surface area (Å²) >= 11 is 0. The Morgan fingerprint density at radius 1 is 1.00 bits per heavy atom. The van der Waals surface area contributed by atoms with E-state index in [-0.39, 0.29) is 49.5 Å². The largest absolute Gasteiger partial charge is 0.352 e. The van der Waals surface area contributed by atoms with Gasteiger partial charge in [-0.3, -0.25) is 13.9 Å². The fourth-order valence-electron chi connectivity index (χ4n) is 3.52. The third-order valence-electron chi connectivity index (χ3n) is 5.42. The minimum absolute atomic E-state index is 0.0277. The molecule has 10 heteroatoms. The van der Waals surface area contributed by atoms with Crippen molar-refractivity contribution in [3.63, 3.8) is 0 Å². The van der Waals surface area contributed by atoms with Gasteiger partial charge in [0.05, 0.1) is 11.9 Å². The Morgan fingerprint density at radius 3 is 2.17 bits per heavy atom. The molecule has 2 rings (SSSR count). The van der Waals surface area contributed by atoms with E-state index in [9.17, 15) is 26.8 Å². The first-order valence-corrected chi connectivity index (χ1v) is 13.2. The van der Waals surface area contributed by atoms with Crippen LogP contribution in [0.3, 0.4) is 0 Å². The van der Waals surface area contributed by atoms with Gasteiger partial charge >= 0.3 is 0 Å². The van der Waals surface area contributed by atoms with Crippen molar-refractivity contribution in [2.75, 3.05) is 17.1 Å². The van der Waals surface area contributed by atoms with Crippen LogP contribution in [0.25, 0.3) is 0 Å². The van der Waals surface area contributed by atoms with E-state index in [1.54, 1.807) is 6.92 Å². The molecule has 0 saturated carbocycles. The van der Waals surface area contributed by atoms with Crippen molar-refractivity contribution in [1.82, 2.24) is 10.2 Å². The predicted octanol–water partition coefficient (Wildman–Crippen LogP) is 3.76. The molecule has 2 amide bonds. The van der Waals surface area contributed by atoms with Gasteiger partial charge in [-0.1, -0.05) is 29.8 Å². The van der Waals surface area contributed by atoms with Crippen LogP contribution in [0.15, 0.2) is 42.5 Å². The number of hydrogen-bond acceptors (Lipinski definition) is 4. The lowest BCUT2D eigenvalue weighted by molar-refractivity contribution is -0.140. The van der Waals surface area contributed by atoms with Crippen molar-refractivity contribution in [2.45, 2.75) is 59.2 Å². The van der Waals surface area contributed by atoms with Crippen molar-refractivity contribution in [3.8, 4) is 0 Å². The Balaban J connectivity index is 2.18. The summed E-state index contributed by atoms with van der Waals surface area (Å²) in [5.74, 6) is -2.87. The fraction of sp³-hybridized carbons (Fsp3) is 0.440. The Kier molecular flexibility index (Phi) is 9.76. The zero-order valence-corrected chi connectivity index (χ0v) is 21.5. The maximum absolute atomic E-state index is 13.7. The molecule has 0 saturated heterocycles. The smallest absolute Gasteiger partial charge is 0.242 e. The average molecular weight is 510 g/mol. The molecule has 1 N–H and O–H groups in total. The van der Waals surface area contributed by atoms with Gasteiger partial charge in [-0.15, -0.1) is 0 Å². The molecule has 2 aromatic rings. The summed E-state index contributed by atoms with van der Waals surface area (Å²) in [6.45, 7) is 7.36. The Bertz CT molecular complexity index is 1140. The second-order valence-corrected chi connectivity index (χ2v) is 10.8. The molecule has 35 heavy (non-hydrogen) atoms. The minimum atomic E-state index is -3.81. The number of nitrogens with one attached hydrogen (secondary N) is 1. The molecule has 1 atom stereocenters. The van der Waals surface area contributed by atoms with E-state index in [1.807, 2.05) is 45.0 Å². The predicted molar refractivity (Wildman–Crippen MR) is 132 cm³/mol. The number of carbonyl (C=O) groups is 2. The number of hydrogen-bond donors (Lipinski definition) is 1. The maximum Gasteiger partial charge on any atom is 0.242 e. The van der Waals surface area contributed by atoms with Gasteiger partial charge in [-0.05, 0) is 51.8 Å². The van der Waals surface area contributed by atoms with Gasteiger partial charge in [0.1, 0.15) is 6.04 Å². The Labute approximate surface area is 206 Å². The van der Waals surface area contributed by atoms with Crippen LogP contribution in [-0.4, -0.2) is 50.0 Å². The van der Waals surface area contributed by atoms with Crippen molar-refractivity contribution in [2.24, 2.45) is 0 Å². The normalized spacial score (nSPS) is 12.3. The lowest BCUT2D eigenvalue weighted by Gasteiger charge is -2.30. The second kappa shape index (κ2) is 12.1. The van der Waals surface area contributed by atoms with Crippen LogP contribution in [0.5, 0.6) is 0 Å². The van der Waals surface area contributed by atoms with Gasteiger partial charge in [0.25, 0.3) is 0 Å². The molecule has 0 fully saturated rings. The number of benzene rings is 2. The number of sulfonamides is 1. The van der Waals surface area contributed by atoms with Gasteiger partial charge < -0.3 is 10.2 Å². The number of amides is 2. The molecular formula is C25H33F2N3O4S. The highest BCUT2D eigenvalue weighted by atomic mass is 32.2. The van der Waals surface area contributed by atoms with Gasteiger partial charge in [0, 0.05) is 31.6 Å². The van der Waals surface area contributed by atoms with Crippen molar-refractivity contribution < 1.29 is 26.8 Å². The number of carbonyl (C=O) groups excluding carboxylic acids is 2. The summed E-state index contributed by atoms with van der Waals surface area (Å²) in [5, 5.41) is 2.81. The number of nitrogens with zero attached hydrogens (tertiary/aromatic N) is 2. The SMILES string of the molecule is Cc1ccc(CN(C(=O)CCCN(c2ccc(F)c(F)c2)S(C)(=O)=O)[C@@H](C)C(=O)NC(C)C)cc1. The first-order chi connectivity index (χ1) is 16.3. The van der Waals surface area contributed by atoms with Gasteiger partial charge in [-0.2, -0.15) is 0 Å². The lowest BCUT2D eigenvalue weighted by Crippen LogP contribution is -2.49. The first kappa shape index (κ1) is 28.2. The van der Waals surface area contributed by atoms with E-state index in [0.29, 0.717) is 0 Å². The molecule has 0 aliphatic rings. The standard InChI is InChI=1S/C25H33F2N3O4S/c1-17(2)28-25(32)19(4)29(16-20-10-8-18(3)9-11-20)24(31)7-6-14-30(35(5,33)34)21-12-13-22(26)23(27)15-21/h8-13,15,17,19H,6-7,14,16H2,1-5H3,(H,28,32)/t19-/m0/s1. The van der Waals surface area contributed by atoms with Crippen molar-refractivity contribution in [3.05, 3.63) is 65.2 Å². The third-order valence-corrected chi connectivity index (χ3v) is 6.61. The summed E-state index contributed by atoms with van der Waals surface area (Å²) in [6.07, 6.45) is 1.03. The molecule has 0 spiro atoms. The van der Waals surface area contributed by atoms with Crippen molar-refractivity contribution in [1.29, 1.82) is 0 Å². The second-order valence-electron chi connectivity index (χ2n) is 8.88. The summed E-state index contributed by atoms with van der Waals surface area (Å²) in [7, 11) is -3.81. The summed E-state index contributed by atoms with van der Waals surface area (Å²) in [5.41, 5.74) is 1.89. The first-order valence-electron chi connectivity index (χ1n) is 11.4. The van der Waals surface area contributed by atoms with Crippen molar-refractivity contribution >= 4 is 27.5 Å². The van der Waals surface area contributed by atoms with E-state index in [0.717, 1.165) is 33.8 Å². The minimum Gasteiger partial charge on any atom is -0.352 e. The molecule has 0 bridgehead atoms. The van der Waals surface area contributed by atoms with E-state index in [4.69, 9.17) is 0 Å². The van der Waals surface area contributed by atoms with E-state index in [1.165, 1.54) is 11.0 Å². The third kappa shape index (κ3) is 8.31. The van der Waals surface area contributed by atoms with Gasteiger partial charge in [-0.25, -0.2) is 17.2 Å². The van der Waals surface area contributed by atoms with Crippen LogP contribution in [-0.2, 0) is 26.2 Å². The van der Waals surface area contributed by atoms with Crippen LogP contribution in [0.2, 0.25) is 0 Å². The van der Waals surface area contributed by atoms with Crippen LogP contribution >= 0.6 is 0 Å². The van der Waals surface area contributed by atoms with Crippen LogP contribution in [0.4, 0.5) is 14.5 Å². The molecule has 0 unspecified atom stereocenters. The number of aryl methyl sites for hydroxylation is 1. The molecule has 7 nitrogen and oxygen atoms in total. The quantitative estimate of drug-likeness (QED) is 0.500. The average Bonchev–Trinajstić information content (AvgIpc) is 2.76. The number of rotatable bonds is 11. The molecular weight excluding hydrogens is 476 g/mol. The van der Waals surface area contributed by atoms with Crippen LogP contribution in [0, 0.1) is 18.6 Å². The lowest BCUT2D eigenvalue weighted by atomic mass is 10.1. The highest BCUT2D eigenvalue weighted by Crippen LogP contribution is 2.21. The molecule has 0 radical (unpaired) electrons. The topological polar surface area (TPSA) is 86.8 Å². The van der Waals surface area contributed by atoms with Gasteiger partial charge in [0.15, 0.2) is 11.6 Å². The summed E-state index contributed by atoms with van der Waals surface area (Å²) in [4.78, 5) is 27.3. The number of halogens is 2. The Hall–Kier alpha value is -3.01. The molecule has 0 aromatic heterocycles. The highest BCUT2D eigenvalue weighted by Gasteiger charge is 2.27. The Morgan fingerprint density at radius 2 is 1.63 bits per heavy atom. The van der Waals surface area contributed by atoms with E-state index >= 15 is 0 Å². The zero-order valence-electron chi connectivity index (χ0n) is 20.7. The summed E-state index contributed by atoms with van der Waals surface area (Å²) < 4.78 is 52.4. The molecule has 0 aliphatic heterocycles. The van der Waals surface area contributed by atoms with E-state index in [2.05, 4.69) is 5.32 Å². The maximum atomic E-state index is 13.7. The van der Waals surface area contributed by atoms with E-state index < -0.39 is 27.7 Å². The monoisotopic (exact) mass is 509 g/mol. The molecule has 0 aliphatic carbocycles. The number of anilines is 1. The van der Waals surface area contributed by atoms with Crippen LogP contribution in [0.1, 0.15) is 44.7 Å². The fourth-order valence-corrected chi connectivity index (χ4v) is 4.48. The summed E-state index contributed by atoms with van der Waals surface area (Å²) in [6, 6.07) is 9.60. The molecule has 2 aromatic carbocycles. The highest BCUT2D eigenvalue weighted by molar-refractivity contribution is 7.92. The zero-order chi connectivity index (χ0) is 26.3.